The zero-order valence-corrected chi connectivity index (χ0v) is 11.7. The summed E-state index contributed by atoms with van der Waals surface area (Å²) in [5.41, 5.74) is 1.35. The molecule has 0 bridgehead atoms. The summed E-state index contributed by atoms with van der Waals surface area (Å²) in [6, 6.07) is 1.51. The number of nitrogens with one attached hydrogen (secondary N) is 1. The Kier molecular flexibility index (Phi) is 4.07. The second-order valence-corrected chi connectivity index (χ2v) is 4.98. The summed E-state index contributed by atoms with van der Waals surface area (Å²) in [7, 11) is 0. The van der Waals surface area contributed by atoms with Gasteiger partial charge in [0.15, 0.2) is 11.4 Å². The quantitative estimate of drug-likeness (QED) is 0.676. The lowest BCUT2D eigenvalue weighted by Gasteiger charge is -2.02. The molecule has 5 heteroatoms. The number of hydrogen-bond donors (Lipinski definition) is 1. The molecule has 0 aliphatic carbocycles. The highest BCUT2D eigenvalue weighted by atomic mass is 79.9. The van der Waals surface area contributed by atoms with Crippen molar-refractivity contribution in [1.82, 2.24) is 5.32 Å². The summed E-state index contributed by atoms with van der Waals surface area (Å²) in [4.78, 5) is 0. The lowest BCUT2D eigenvalue weighted by atomic mass is 10.1. The van der Waals surface area contributed by atoms with Crippen molar-refractivity contribution < 1.29 is 8.81 Å². The second-order valence-electron chi connectivity index (χ2n) is 3.72. The molecule has 0 radical (unpaired) electrons. The molecule has 0 fully saturated rings. The second kappa shape index (κ2) is 5.38. The Balaban J connectivity index is 2.44. The standard InChI is InChI=1S/C12H12BrClFNO/c1-2-16-4-3-7-6-17-12-8(13)5-9(14)11(15)10(7)12/h5-6,16H,2-4H2,1H3. The van der Waals surface area contributed by atoms with Gasteiger partial charge in [-0.05, 0) is 41.5 Å². The highest BCUT2D eigenvalue weighted by Gasteiger charge is 2.16. The predicted molar refractivity (Wildman–Crippen MR) is 71.1 cm³/mol. The molecule has 2 rings (SSSR count). The van der Waals surface area contributed by atoms with Gasteiger partial charge in [-0.25, -0.2) is 4.39 Å². The zero-order valence-electron chi connectivity index (χ0n) is 9.32. The fourth-order valence-corrected chi connectivity index (χ4v) is 2.61. The molecule has 2 nitrogen and oxygen atoms in total. The van der Waals surface area contributed by atoms with Crippen LogP contribution in [-0.2, 0) is 6.42 Å². The van der Waals surface area contributed by atoms with Crippen LogP contribution < -0.4 is 5.32 Å². The minimum atomic E-state index is -0.412. The molecule has 0 saturated carbocycles. The lowest BCUT2D eigenvalue weighted by Crippen LogP contribution is -2.15. The van der Waals surface area contributed by atoms with Crippen molar-refractivity contribution in [1.29, 1.82) is 0 Å². The summed E-state index contributed by atoms with van der Waals surface area (Å²) in [6.07, 6.45) is 2.30. The van der Waals surface area contributed by atoms with Crippen LogP contribution in [0.4, 0.5) is 4.39 Å². The number of likely N-dealkylation sites (N-methyl/N-ethyl adjacent to an activating group) is 1. The highest BCUT2D eigenvalue weighted by Crippen LogP contribution is 2.34. The van der Waals surface area contributed by atoms with Crippen molar-refractivity contribution in [2.24, 2.45) is 0 Å². The summed E-state index contributed by atoms with van der Waals surface area (Å²) in [5, 5.41) is 3.77. The van der Waals surface area contributed by atoms with Crippen molar-refractivity contribution >= 4 is 38.5 Å². The van der Waals surface area contributed by atoms with Crippen LogP contribution in [0.1, 0.15) is 12.5 Å². The molecule has 1 heterocycles. The van der Waals surface area contributed by atoms with Gasteiger partial charge in [0.2, 0.25) is 0 Å². The molecule has 0 saturated heterocycles. The SMILES string of the molecule is CCNCCc1coc2c(Br)cc(Cl)c(F)c12. The average molecular weight is 321 g/mol. The lowest BCUT2D eigenvalue weighted by molar-refractivity contribution is 0.603. The highest BCUT2D eigenvalue weighted by molar-refractivity contribution is 9.10. The van der Waals surface area contributed by atoms with Crippen LogP contribution in [0.15, 0.2) is 21.2 Å². The first kappa shape index (κ1) is 12.9. The molecule has 0 amide bonds. The van der Waals surface area contributed by atoms with Gasteiger partial charge >= 0.3 is 0 Å². The van der Waals surface area contributed by atoms with E-state index in [1.54, 1.807) is 6.26 Å². The topological polar surface area (TPSA) is 25.2 Å². The normalized spacial score (nSPS) is 11.3. The molecule has 1 aromatic heterocycles. The van der Waals surface area contributed by atoms with E-state index >= 15 is 0 Å². The van der Waals surface area contributed by atoms with Crippen molar-refractivity contribution in [3.8, 4) is 0 Å². The molecule has 1 aromatic carbocycles. The number of fused-ring (bicyclic) bond motifs is 1. The zero-order chi connectivity index (χ0) is 12.4. The molecule has 92 valence electrons. The van der Waals surface area contributed by atoms with E-state index < -0.39 is 5.82 Å². The van der Waals surface area contributed by atoms with Crippen LogP contribution in [0.3, 0.4) is 0 Å². The van der Waals surface area contributed by atoms with Gasteiger partial charge < -0.3 is 9.73 Å². The predicted octanol–water partition coefficient (Wildman–Crippen LogP) is 4.14. The Bertz CT molecular complexity index is 541. The van der Waals surface area contributed by atoms with E-state index in [4.69, 9.17) is 16.0 Å². The van der Waals surface area contributed by atoms with Gasteiger partial charge in [-0.3, -0.25) is 0 Å². The van der Waals surface area contributed by atoms with Crippen molar-refractivity contribution in [3.63, 3.8) is 0 Å². The number of benzene rings is 1. The number of furan rings is 1. The van der Waals surface area contributed by atoms with E-state index in [0.717, 1.165) is 18.7 Å². The van der Waals surface area contributed by atoms with Crippen LogP contribution in [0.25, 0.3) is 11.0 Å². The van der Waals surface area contributed by atoms with Crippen LogP contribution in [0.5, 0.6) is 0 Å². The average Bonchev–Trinajstić information content (AvgIpc) is 2.71. The Labute approximate surface area is 112 Å². The third-order valence-corrected chi connectivity index (χ3v) is 3.45. The van der Waals surface area contributed by atoms with E-state index in [2.05, 4.69) is 21.2 Å². The maximum atomic E-state index is 13.9. The molecule has 0 spiro atoms. The number of halogens is 3. The molecule has 0 aliphatic heterocycles. The third kappa shape index (κ3) is 2.49. The van der Waals surface area contributed by atoms with E-state index in [1.807, 2.05) is 6.92 Å². The van der Waals surface area contributed by atoms with E-state index in [1.165, 1.54) is 6.07 Å². The first-order valence-electron chi connectivity index (χ1n) is 5.39. The summed E-state index contributed by atoms with van der Waals surface area (Å²) < 4.78 is 20.0. The van der Waals surface area contributed by atoms with Crippen molar-refractivity contribution in [2.45, 2.75) is 13.3 Å². The van der Waals surface area contributed by atoms with E-state index in [9.17, 15) is 4.39 Å². The largest absolute Gasteiger partial charge is 0.463 e. The Morgan fingerprint density at radius 3 is 3.00 bits per heavy atom. The summed E-state index contributed by atoms with van der Waals surface area (Å²) in [5.74, 6) is -0.412. The van der Waals surface area contributed by atoms with E-state index in [-0.39, 0.29) is 5.02 Å². The summed E-state index contributed by atoms with van der Waals surface area (Å²) >= 11 is 9.14. The fraction of sp³-hybridized carbons (Fsp3) is 0.333. The molecule has 0 atom stereocenters. The minimum absolute atomic E-state index is 0.107. The molecule has 0 unspecified atom stereocenters. The van der Waals surface area contributed by atoms with Gasteiger partial charge in [0, 0.05) is 5.56 Å². The smallest absolute Gasteiger partial charge is 0.153 e. The van der Waals surface area contributed by atoms with Crippen LogP contribution in [-0.4, -0.2) is 13.1 Å². The van der Waals surface area contributed by atoms with Gasteiger partial charge in [-0.2, -0.15) is 0 Å². The van der Waals surface area contributed by atoms with Gasteiger partial charge in [0.05, 0.1) is 21.1 Å². The Morgan fingerprint density at radius 1 is 1.53 bits per heavy atom. The minimum Gasteiger partial charge on any atom is -0.463 e. The Hall–Kier alpha value is -0.580. The number of hydrogen-bond acceptors (Lipinski definition) is 2. The molecular formula is C12H12BrClFNO. The van der Waals surface area contributed by atoms with Gasteiger partial charge in [-0.1, -0.05) is 18.5 Å². The number of rotatable bonds is 4. The van der Waals surface area contributed by atoms with Gasteiger partial charge in [-0.15, -0.1) is 0 Å². The molecular weight excluding hydrogens is 308 g/mol. The van der Waals surface area contributed by atoms with Crippen LogP contribution >= 0.6 is 27.5 Å². The fourth-order valence-electron chi connectivity index (χ4n) is 1.75. The van der Waals surface area contributed by atoms with Crippen molar-refractivity contribution in [3.05, 3.63) is 33.2 Å². The van der Waals surface area contributed by atoms with Crippen molar-refractivity contribution in [2.75, 3.05) is 13.1 Å². The molecule has 2 aromatic rings. The maximum Gasteiger partial charge on any atom is 0.153 e. The van der Waals surface area contributed by atoms with Gasteiger partial charge in [0.1, 0.15) is 0 Å². The molecule has 17 heavy (non-hydrogen) atoms. The van der Waals surface area contributed by atoms with Gasteiger partial charge in [0.25, 0.3) is 0 Å². The monoisotopic (exact) mass is 319 g/mol. The Morgan fingerprint density at radius 2 is 2.29 bits per heavy atom. The first-order chi connectivity index (χ1) is 8.15. The maximum absolute atomic E-state index is 13.9. The van der Waals surface area contributed by atoms with E-state index in [0.29, 0.717) is 21.9 Å². The summed E-state index contributed by atoms with van der Waals surface area (Å²) in [6.45, 7) is 3.71. The molecule has 1 N–H and O–H groups in total. The van der Waals surface area contributed by atoms with Crippen LogP contribution in [0.2, 0.25) is 5.02 Å². The van der Waals surface area contributed by atoms with Crippen LogP contribution in [0, 0.1) is 5.82 Å². The third-order valence-electron chi connectivity index (χ3n) is 2.59. The first-order valence-corrected chi connectivity index (χ1v) is 6.56. The molecule has 0 aliphatic rings.